The van der Waals surface area contributed by atoms with E-state index < -0.39 is 6.04 Å². The Kier molecular flexibility index (Phi) is 5.47. The number of pyridine rings is 1. The van der Waals surface area contributed by atoms with Crippen LogP contribution in [0, 0.1) is 0 Å². The maximum atomic E-state index is 12.7. The molecule has 8 nitrogen and oxygen atoms in total. The Morgan fingerprint density at radius 3 is 3.15 bits per heavy atom. The molecule has 5 heterocycles. The SMILES string of the molecule is O=C1On2ncc3cccc(c32)C1N1CC[C@@H](OCCCCc2ccc3c(n2)NCCC3)C1. The number of aryl methyl sites for hydroxylation is 2. The second-order valence-electron chi connectivity index (χ2n) is 9.19. The first kappa shape index (κ1) is 20.6. The lowest BCUT2D eigenvalue weighted by atomic mass is 10.0. The lowest BCUT2D eigenvalue weighted by Crippen LogP contribution is -2.41. The minimum absolute atomic E-state index is 0.148. The largest absolute Gasteiger partial charge is 0.377 e. The van der Waals surface area contributed by atoms with Crippen LogP contribution < -0.4 is 10.2 Å². The van der Waals surface area contributed by atoms with Crippen LogP contribution in [0.5, 0.6) is 0 Å². The van der Waals surface area contributed by atoms with Gasteiger partial charge in [-0.05, 0) is 50.2 Å². The number of carbonyl (C=O) groups excluding carboxylic acids is 1. The van der Waals surface area contributed by atoms with Crippen LogP contribution in [-0.4, -0.2) is 58.1 Å². The summed E-state index contributed by atoms with van der Waals surface area (Å²) in [5.41, 5.74) is 4.34. The highest BCUT2D eigenvalue weighted by Gasteiger charge is 2.39. The van der Waals surface area contributed by atoms with E-state index in [4.69, 9.17) is 14.6 Å². The van der Waals surface area contributed by atoms with E-state index in [1.54, 1.807) is 6.20 Å². The van der Waals surface area contributed by atoms with Crippen molar-refractivity contribution in [3.05, 3.63) is 53.3 Å². The first-order valence-electron chi connectivity index (χ1n) is 12.0. The van der Waals surface area contributed by atoms with Crippen LogP contribution in [0.2, 0.25) is 0 Å². The normalized spacial score (nSPS) is 22.2. The fourth-order valence-corrected chi connectivity index (χ4v) is 5.27. The van der Waals surface area contributed by atoms with E-state index in [9.17, 15) is 4.79 Å². The molecule has 3 aliphatic rings. The Morgan fingerprint density at radius 1 is 1.21 bits per heavy atom. The van der Waals surface area contributed by atoms with E-state index in [1.165, 1.54) is 16.8 Å². The van der Waals surface area contributed by atoms with Gasteiger partial charge in [0, 0.05) is 42.9 Å². The number of carbonyl (C=O) groups is 1. The molecule has 1 fully saturated rings. The fraction of sp³-hybridized carbons (Fsp3) is 0.480. The van der Waals surface area contributed by atoms with E-state index in [0.717, 1.165) is 86.3 Å². The zero-order valence-electron chi connectivity index (χ0n) is 18.7. The summed E-state index contributed by atoms with van der Waals surface area (Å²) in [7, 11) is 0. The number of hydrogen-bond acceptors (Lipinski definition) is 7. The molecule has 172 valence electrons. The third-order valence-corrected chi connectivity index (χ3v) is 6.96. The molecule has 33 heavy (non-hydrogen) atoms. The maximum Gasteiger partial charge on any atom is 0.356 e. The first-order valence-corrected chi connectivity index (χ1v) is 12.0. The summed E-state index contributed by atoms with van der Waals surface area (Å²) in [4.78, 5) is 26.5. The van der Waals surface area contributed by atoms with Gasteiger partial charge >= 0.3 is 5.97 Å². The first-order chi connectivity index (χ1) is 16.3. The second kappa shape index (κ2) is 8.76. The molecule has 0 saturated carbocycles. The second-order valence-corrected chi connectivity index (χ2v) is 9.19. The number of fused-ring (bicyclic) bond motifs is 1. The van der Waals surface area contributed by atoms with Crippen molar-refractivity contribution in [2.75, 3.05) is 31.6 Å². The van der Waals surface area contributed by atoms with Crippen molar-refractivity contribution in [1.29, 1.82) is 0 Å². The molecule has 2 aromatic heterocycles. The molecule has 0 aliphatic carbocycles. The smallest absolute Gasteiger partial charge is 0.356 e. The highest BCUT2D eigenvalue weighted by atomic mass is 16.7. The summed E-state index contributed by atoms with van der Waals surface area (Å²) in [6.45, 7) is 3.32. The van der Waals surface area contributed by atoms with E-state index in [2.05, 4.69) is 27.4 Å². The summed E-state index contributed by atoms with van der Waals surface area (Å²) < 4.78 is 6.17. The standard InChI is InChI=1S/C25H29N5O3/c31-25-23(21-8-3-5-18-15-27-30(33-25)22(18)21)29-13-11-20(16-29)32-14-2-1-7-19-10-9-17-6-4-12-26-24(17)28-19/h3,5,8-10,15,20,23H,1-2,4,6-7,11-14,16H2,(H,26,28)/t20-,23?/m1/s1. The molecule has 1 aromatic carbocycles. The molecule has 0 radical (unpaired) electrons. The van der Waals surface area contributed by atoms with Crippen molar-refractivity contribution >= 4 is 22.7 Å². The van der Waals surface area contributed by atoms with Gasteiger partial charge in [0.1, 0.15) is 17.4 Å². The number of benzene rings is 1. The molecule has 0 bridgehead atoms. The summed E-state index contributed by atoms with van der Waals surface area (Å²) in [5, 5.41) is 8.57. The molecule has 3 aromatic rings. The van der Waals surface area contributed by atoms with Gasteiger partial charge < -0.3 is 14.9 Å². The van der Waals surface area contributed by atoms with Crippen molar-refractivity contribution < 1.29 is 14.4 Å². The van der Waals surface area contributed by atoms with Crippen LogP contribution in [0.4, 0.5) is 5.82 Å². The number of anilines is 1. The minimum Gasteiger partial charge on any atom is -0.377 e. The van der Waals surface area contributed by atoms with Crippen molar-refractivity contribution in [3.63, 3.8) is 0 Å². The molecule has 3 aliphatic heterocycles. The third kappa shape index (κ3) is 3.98. The average molecular weight is 448 g/mol. The highest BCUT2D eigenvalue weighted by molar-refractivity contribution is 5.91. The average Bonchev–Trinajstić information content (AvgIpc) is 3.47. The van der Waals surface area contributed by atoms with Gasteiger partial charge in [-0.1, -0.05) is 29.1 Å². The quantitative estimate of drug-likeness (QED) is 0.558. The highest BCUT2D eigenvalue weighted by Crippen LogP contribution is 2.34. The molecule has 8 heteroatoms. The monoisotopic (exact) mass is 447 g/mol. The van der Waals surface area contributed by atoms with Crippen LogP contribution in [-0.2, 0) is 22.4 Å². The summed E-state index contributed by atoms with van der Waals surface area (Å²) in [6, 6.07) is 9.96. The Morgan fingerprint density at radius 2 is 2.18 bits per heavy atom. The van der Waals surface area contributed by atoms with Gasteiger partial charge in [0.05, 0.1) is 12.3 Å². The summed E-state index contributed by atoms with van der Waals surface area (Å²) in [5.74, 6) is 0.799. The number of likely N-dealkylation sites (tertiary alicyclic amines) is 1. The van der Waals surface area contributed by atoms with Crippen LogP contribution >= 0.6 is 0 Å². The lowest BCUT2D eigenvalue weighted by molar-refractivity contribution is -0.153. The van der Waals surface area contributed by atoms with Gasteiger partial charge in [-0.25, -0.2) is 9.78 Å². The Balaban J connectivity index is 0.999. The predicted molar refractivity (Wildman–Crippen MR) is 124 cm³/mol. The van der Waals surface area contributed by atoms with Crippen molar-refractivity contribution in [2.24, 2.45) is 0 Å². The van der Waals surface area contributed by atoms with Crippen LogP contribution in [0.25, 0.3) is 10.9 Å². The van der Waals surface area contributed by atoms with E-state index in [-0.39, 0.29) is 12.1 Å². The molecular weight excluding hydrogens is 418 g/mol. The molecule has 1 saturated heterocycles. The third-order valence-electron chi connectivity index (χ3n) is 6.96. The van der Waals surface area contributed by atoms with Gasteiger partial charge in [-0.15, -0.1) is 5.10 Å². The van der Waals surface area contributed by atoms with Crippen LogP contribution in [0.1, 0.15) is 48.5 Å². The van der Waals surface area contributed by atoms with Crippen molar-refractivity contribution in [1.82, 2.24) is 19.8 Å². The molecular formula is C25H29N5O3. The fourth-order valence-electron chi connectivity index (χ4n) is 5.27. The van der Waals surface area contributed by atoms with E-state index >= 15 is 0 Å². The Labute approximate surface area is 192 Å². The molecule has 1 unspecified atom stereocenters. The predicted octanol–water partition coefficient (Wildman–Crippen LogP) is 2.91. The van der Waals surface area contributed by atoms with Gasteiger partial charge in [0.25, 0.3) is 0 Å². The van der Waals surface area contributed by atoms with Gasteiger partial charge in [-0.3, -0.25) is 4.90 Å². The van der Waals surface area contributed by atoms with Gasteiger partial charge in [0.15, 0.2) is 0 Å². The van der Waals surface area contributed by atoms with Crippen molar-refractivity contribution in [3.8, 4) is 0 Å². The number of aromatic nitrogens is 3. The molecule has 1 N–H and O–H groups in total. The number of nitrogens with zero attached hydrogens (tertiary/aromatic N) is 4. The van der Waals surface area contributed by atoms with E-state index in [1.807, 2.05) is 18.2 Å². The number of rotatable bonds is 7. The van der Waals surface area contributed by atoms with E-state index in [0.29, 0.717) is 0 Å². The maximum absolute atomic E-state index is 12.7. The number of nitrogens with one attached hydrogen (secondary N) is 1. The number of para-hydroxylation sites is 1. The number of ether oxygens (including phenoxy) is 1. The van der Waals surface area contributed by atoms with Crippen LogP contribution in [0.15, 0.2) is 36.5 Å². The zero-order chi connectivity index (χ0) is 22.2. The minimum atomic E-state index is -0.393. The van der Waals surface area contributed by atoms with Crippen molar-refractivity contribution in [2.45, 2.75) is 50.7 Å². The Bertz CT molecular complexity index is 1180. The lowest BCUT2D eigenvalue weighted by Gasteiger charge is -2.29. The topological polar surface area (TPSA) is 81.5 Å². The zero-order valence-corrected chi connectivity index (χ0v) is 18.7. The van der Waals surface area contributed by atoms with Crippen LogP contribution in [0.3, 0.4) is 0 Å². The summed E-state index contributed by atoms with van der Waals surface area (Å²) in [6.07, 6.45) is 8.16. The molecule has 6 rings (SSSR count). The Hall–Kier alpha value is -2.97. The van der Waals surface area contributed by atoms with Gasteiger partial charge in [-0.2, -0.15) is 0 Å². The van der Waals surface area contributed by atoms with Gasteiger partial charge in [0.2, 0.25) is 0 Å². The summed E-state index contributed by atoms with van der Waals surface area (Å²) >= 11 is 0. The number of unbranched alkanes of at least 4 members (excludes halogenated alkanes) is 1. The number of hydrogen-bond donors (Lipinski definition) is 1. The molecule has 0 amide bonds. The molecule has 0 spiro atoms. The molecule has 2 atom stereocenters.